The van der Waals surface area contributed by atoms with Gasteiger partial charge in [0.2, 0.25) is 5.91 Å². The Balaban J connectivity index is 1.62. The lowest BCUT2D eigenvalue weighted by molar-refractivity contribution is -0.119. The van der Waals surface area contributed by atoms with Gasteiger partial charge in [-0.3, -0.25) is 4.79 Å². The standard InChI is InChI=1S/C24H21Cl3FN3O2/c1-33-20-10-13(9-19(28)18(20)12-29-11-14-5-6-21(32)31-14)15-3-2-4-16(22(15)25)17-7-8-30-24(27)23(17)26/h2-4,7-10,14,29H,5-6,11-12H2,1H3,(H,31,32)/t14-/m0/s1. The van der Waals surface area contributed by atoms with Gasteiger partial charge in [-0.2, -0.15) is 0 Å². The van der Waals surface area contributed by atoms with Crippen molar-refractivity contribution >= 4 is 40.7 Å². The summed E-state index contributed by atoms with van der Waals surface area (Å²) >= 11 is 19.1. The van der Waals surface area contributed by atoms with Gasteiger partial charge in [-0.25, -0.2) is 9.37 Å². The van der Waals surface area contributed by atoms with Crippen molar-refractivity contribution in [3.63, 3.8) is 0 Å². The van der Waals surface area contributed by atoms with Gasteiger partial charge in [-0.05, 0) is 30.2 Å². The molecule has 172 valence electrons. The van der Waals surface area contributed by atoms with Crippen LogP contribution in [-0.4, -0.2) is 30.6 Å². The average molecular weight is 509 g/mol. The number of amides is 1. The van der Waals surface area contributed by atoms with Crippen LogP contribution in [-0.2, 0) is 11.3 Å². The molecule has 0 bridgehead atoms. The Morgan fingerprint density at radius 2 is 1.91 bits per heavy atom. The van der Waals surface area contributed by atoms with E-state index in [1.807, 2.05) is 12.1 Å². The molecule has 2 aromatic carbocycles. The Hall–Kier alpha value is -2.38. The largest absolute Gasteiger partial charge is 0.496 e. The number of ether oxygens (including phenoxy) is 1. The molecule has 1 aromatic heterocycles. The van der Waals surface area contributed by atoms with E-state index in [2.05, 4.69) is 15.6 Å². The minimum atomic E-state index is -0.418. The summed E-state index contributed by atoms with van der Waals surface area (Å²) in [6.07, 6.45) is 2.84. The van der Waals surface area contributed by atoms with Gasteiger partial charge in [0.1, 0.15) is 16.7 Å². The second-order valence-corrected chi connectivity index (χ2v) is 8.82. The van der Waals surface area contributed by atoms with E-state index in [1.54, 1.807) is 24.4 Å². The summed E-state index contributed by atoms with van der Waals surface area (Å²) < 4.78 is 20.6. The molecule has 33 heavy (non-hydrogen) atoms. The second kappa shape index (κ2) is 10.3. The molecule has 1 aliphatic heterocycles. The van der Waals surface area contributed by atoms with Crippen molar-refractivity contribution in [2.75, 3.05) is 13.7 Å². The number of aromatic nitrogens is 1. The van der Waals surface area contributed by atoms with Crippen LogP contribution in [0.5, 0.6) is 5.75 Å². The number of nitrogens with zero attached hydrogens (tertiary/aromatic N) is 1. The number of carbonyl (C=O) groups excluding carboxylic acids is 1. The third-order valence-electron chi connectivity index (χ3n) is 5.60. The van der Waals surface area contributed by atoms with Crippen molar-refractivity contribution < 1.29 is 13.9 Å². The van der Waals surface area contributed by atoms with Crippen LogP contribution in [0, 0.1) is 5.82 Å². The van der Waals surface area contributed by atoms with Gasteiger partial charge in [0.05, 0.1) is 17.2 Å². The number of methoxy groups -OCH3 is 1. The SMILES string of the molecule is COc1cc(-c2cccc(-c3ccnc(Cl)c3Cl)c2Cl)cc(F)c1CNC[C@@H]1CCC(=O)N1. The molecule has 0 radical (unpaired) electrons. The molecule has 1 amide bonds. The highest BCUT2D eigenvalue weighted by Crippen LogP contribution is 2.41. The van der Waals surface area contributed by atoms with Crippen LogP contribution in [0.25, 0.3) is 22.3 Å². The van der Waals surface area contributed by atoms with Crippen LogP contribution in [0.3, 0.4) is 0 Å². The molecule has 2 heterocycles. The molecule has 1 atom stereocenters. The van der Waals surface area contributed by atoms with Gasteiger partial charge in [0, 0.05) is 54.0 Å². The first-order valence-electron chi connectivity index (χ1n) is 10.3. The van der Waals surface area contributed by atoms with Crippen LogP contribution in [0.2, 0.25) is 15.2 Å². The van der Waals surface area contributed by atoms with Gasteiger partial charge in [-0.15, -0.1) is 0 Å². The van der Waals surface area contributed by atoms with Crippen LogP contribution >= 0.6 is 34.8 Å². The van der Waals surface area contributed by atoms with Crippen molar-refractivity contribution in [3.05, 3.63) is 69.2 Å². The van der Waals surface area contributed by atoms with Gasteiger partial charge in [-0.1, -0.05) is 53.0 Å². The molecule has 1 saturated heterocycles. The molecule has 0 saturated carbocycles. The van der Waals surface area contributed by atoms with Crippen LogP contribution in [0.4, 0.5) is 4.39 Å². The van der Waals surface area contributed by atoms with Crippen molar-refractivity contribution in [2.24, 2.45) is 0 Å². The summed E-state index contributed by atoms with van der Waals surface area (Å²) in [4.78, 5) is 15.3. The lowest BCUT2D eigenvalue weighted by atomic mass is 9.97. The average Bonchev–Trinajstić information content (AvgIpc) is 3.22. The van der Waals surface area contributed by atoms with Crippen molar-refractivity contribution in [3.8, 4) is 28.0 Å². The lowest BCUT2D eigenvalue weighted by Crippen LogP contribution is -2.35. The van der Waals surface area contributed by atoms with Crippen molar-refractivity contribution in [1.82, 2.24) is 15.6 Å². The summed E-state index contributed by atoms with van der Waals surface area (Å²) in [6.45, 7) is 0.819. The fourth-order valence-corrected chi connectivity index (χ4v) is 4.62. The van der Waals surface area contributed by atoms with Gasteiger partial charge in [0.25, 0.3) is 0 Å². The topological polar surface area (TPSA) is 63.2 Å². The van der Waals surface area contributed by atoms with Crippen LogP contribution in [0.15, 0.2) is 42.6 Å². The molecule has 5 nitrogen and oxygen atoms in total. The molecule has 2 N–H and O–H groups in total. The first-order chi connectivity index (χ1) is 15.9. The highest BCUT2D eigenvalue weighted by molar-refractivity contribution is 6.43. The summed E-state index contributed by atoms with van der Waals surface area (Å²) in [6, 6.07) is 10.4. The third-order valence-corrected chi connectivity index (χ3v) is 6.77. The van der Waals surface area contributed by atoms with E-state index in [-0.39, 0.29) is 23.6 Å². The molecular formula is C24H21Cl3FN3O2. The fourth-order valence-electron chi connectivity index (χ4n) is 3.91. The lowest BCUT2D eigenvalue weighted by Gasteiger charge is -2.16. The fraction of sp³-hybridized carbons (Fsp3) is 0.250. The molecule has 1 aliphatic rings. The number of halogens is 4. The van der Waals surface area contributed by atoms with Gasteiger partial charge < -0.3 is 15.4 Å². The van der Waals surface area contributed by atoms with E-state index < -0.39 is 5.82 Å². The molecule has 4 rings (SSSR count). The van der Waals surface area contributed by atoms with Gasteiger partial charge >= 0.3 is 0 Å². The Morgan fingerprint density at radius 1 is 1.15 bits per heavy atom. The zero-order chi connectivity index (χ0) is 23.5. The summed E-state index contributed by atoms with van der Waals surface area (Å²) in [5.41, 5.74) is 2.90. The maximum Gasteiger partial charge on any atom is 0.220 e. The molecule has 9 heteroatoms. The molecule has 3 aromatic rings. The number of benzene rings is 2. The Bertz CT molecular complexity index is 1210. The van der Waals surface area contributed by atoms with E-state index in [9.17, 15) is 4.79 Å². The monoisotopic (exact) mass is 507 g/mol. The molecule has 0 aliphatic carbocycles. The van der Waals surface area contributed by atoms with E-state index in [4.69, 9.17) is 39.5 Å². The molecular weight excluding hydrogens is 488 g/mol. The van der Waals surface area contributed by atoms with Crippen LogP contribution < -0.4 is 15.4 Å². The minimum Gasteiger partial charge on any atom is -0.496 e. The van der Waals surface area contributed by atoms with Crippen molar-refractivity contribution in [2.45, 2.75) is 25.4 Å². The first kappa shape index (κ1) is 23.8. The summed E-state index contributed by atoms with van der Waals surface area (Å²) in [7, 11) is 1.50. The zero-order valence-electron chi connectivity index (χ0n) is 17.7. The summed E-state index contributed by atoms with van der Waals surface area (Å²) in [5, 5.41) is 6.96. The Morgan fingerprint density at radius 3 is 2.64 bits per heavy atom. The van der Waals surface area contributed by atoms with E-state index in [0.29, 0.717) is 56.6 Å². The number of pyridine rings is 1. The minimum absolute atomic E-state index is 0.0457. The molecule has 0 unspecified atom stereocenters. The smallest absolute Gasteiger partial charge is 0.220 e. The number of nitrogens with one attached hydrogen (secondary N) is 2. The number of rotatable bonds is 7. The van der Waals surface area contributed by atoms with E-state index >= 15 is 4.39 Å². The molecule has 0 spiro atoms. The number of hydrogen-bond donors (Lipinski definition) is 2. The summed E-state index contributed by atoms with van der Waals surface area (Å²) in [5.74, 6) is 0.0301. The Labute approximate surface area is 206 Å². The Kier molecular flexibility index (Phi) is 7.39. The predicted octanol–water partition coefficient (Wildman–Crippen LogP) is 5.89. The molecule has 1 fully saturated rings. The van der Waals surface area contributed by atoms with E-state index in [1.165, 1.54) is 13.2 Å². The first-order valence-corrected chi connectivity index (χ1v) is 11.5. The van der Waals surface area contributed by atoms with Gasteiger partial charge in [0.15, 0.2) is 0 Å². The third kappa shape index (κ3) is 5.09. The van der Waals surface area contributed by atoms with Crippen LogP contribution in [0.1, 0.15) is 18.4 Å². The zero-order valence-corrected chi connectivity index (χ0v) is 20.0. The highest BCUT2D eigenvalue weighted by Gasteiger charge is 2.21. The highest BCUT2D eigenvalue weighted by atomic mass is 35.5. The maximum absolute atomic E-state index is 15.1. The normalized spacial score (nSPS) is 15.5. The number of hydrogen-bond acceptors (Lipinski definition) is 4. The van der Waals surface area contributed by atoms with Crippen molar-refractivity contribution in [1.29, 1.82) is 0 Å². The second-order valence-electron chi connectivity index (χ2n) is 7.70. The quantitative estimate of drug-likeness (QED) is 0.391. The predicted molar refractivity (Wildman–Crippen MR) is 130 cm³/mol. The maximum atomic E-state index is 15.1. The van der Waals surface area contributed by atoms with E-state index in [0.717, 1.165) is 6.42 Å². The number of carbonyl (C=O) groups is 1.